The normalized spacial score (nSPS) is 19.3. The number of amides is 3. The Morgan fingerprint density at radius 3 is 2.45 bits per heavy atom. The summed E-state index contributed by atoms with van der Waals surface area (Å²) in [4.78, 5) is 42.0. The monoisotopic (exact) mass is 428 g/mol. The molecule has 1 aromatic rings. The molecule has 3 rings (SSSR count). The van der Waals surface area contributed by atoms with E-state index in [0.29, 0.717) is 10.9 Å². The molecule has 2 heterocycles. The van der Waals surface area contributed by atoms with Crippen molar-refractivity contribution in [2.75, 3.05) is 25.0 Å². The van der Waals surface area contributed by atoms with Gasteiger partial charge in [-0.25, -0.2) is 0 Å². The molecule has 0 aromatic heterocycles. The van der Waals surface area contributed by atoms with Crippen LogP contribution in [-0.4, -0.2) is 58.8 Å². The third-order valence-electron chi connectivity index (χ3n) is 4.36. The number of amidine groups is 1. The summed E-state index contributed by atoms with van der Waals surface area (Å²) in [5.74, 6) is -1.58. The van der Waals surface area contributed by atoms with Gasteiger partial charge >= 0.3 is 6.18 Å². The number of rotatable bonds is 5. The van der Waals surface area contributed by atoms with E-state index in [9.17, 15) is 27.6 Å². The number of anilines is 1. The molecule has 156 valence electrons. The average molecular weight is 428 g/mol. The molecule has 0 unspecified atom stereocenters. The van der Waals surface area contributed by atoms with Crippen LogP contribution in [0.2, 0.25) is 0 Å². The van der Waals surface area contributed by atoms with Crippen LogP contribution in [0.25, 0.3) is 0 Å². The van der Waals surface area contributed by atoms with Gasteiger partial charge in [-0.3, -0.25) is 14.4 Å². The Labute approximate surface area is 169 Å². The molecule has 1 fully saturated rings. The number of thioether (sulfide) groups is 1. The number of aliphatic imine (C=N–C) groups is 1. The molecular weight excluding hydrogens is 409 g/mol. The maximum atomic E-state index is 12.2. The highest BCUT2D eigenvalue weighted by Gasteiger charge is 2.33. The van der Waals surface area contributed by atoms with Crippen LogP contribution >= 0.6 is 11.8 Å². The lowest BCUT2D eigenvalue weighted by atomic mass is 10.2. The minimum absolute atomic E-state index is 0.0393. The molecule has 7 nitrogen and oxygen atoms in total. The van der Waals surface area contributed by atoms with Crippen LogP contribution in [0.4, 0.5) is 18.9 Å². The highest BCUT2D eigenvalue weighted by Crippen LogP contribution is 2.29. The zero-order chi connectivity index (χ0) is 21.0. The SMILES string of the molecule is O=C(C[C@H]1SC(N2CCCC2)=NC1=O)Nc1ccc(C(=O)NCC(F)(F)F)cc1. The minimum Gasteiger partial charge on any atom is -0.351 e. The average Bonchev–Trinajstić information content (AvgIpc) is 3.30. The van der Waals surface area contributed by atoms with Gasteiger partial charge in [0.1, 0.15) is 11.8 Å². The summed E-state index contributed by atoms with van der Waals surface area (Å²) < 4.78 is 36.4. The fraction of sp³-hybridized carbons (Fsp3) is 0.444. The van der Waals surface area contributed by atoms with Gasteiger partial charge in [-0.15, -0.1) is 0 Å². The van der Waals surface area contributed by atoms with Gasteiger partial charge in [-0.1, -0.05) is 11.8 Å². The fourth-order valence-corrected chi connectivity index (χ4v) is 4.04. The van der Waals surface area contributed by atoms with E-state index in [1.54, 1.807) is 5.32 Å². The number of alkyl halides is 3. The second-order valence-corrected chi connectivity index (χ2v) is 7.83. The molecule has 11 heteroatoms. The van der Waals surface area contributed by atoms with Crippen molar-refractivity contribution in [2.24, 2.45) is 4.99 Å². The Kier molecular flexibility index (Phi) is 6.46. The molecular formula is C18H19F3N4O3S. The van der Waals surface area contributed by atoms with Crippen molar-refractivity contribution in [3.8, 4) is 0 Å². The van der Waals surface area contributed by atoms with E-state index in [0.717, 1.165) is 25.9 Å². The summed E-state index contributed by atoms with van der Waals surface area (Å²) in [6.07, 6.45) is -2.41. The number of hydrogen-bond acceptors (Lipinski definition) is 5. The molecule has 0 saturated carbocycles. The van der Waals surface area contributed by atoms with Gasteiger partial charge in [0.25, 0.3) is 11.8 Å². The number of nitrogens with one attached hydrogen (secondary N) is 2. The highest BCUT2D eigenvalue weighted by molar-refractivity contribution is 8.15. The summed E-state index contributed by atoms with van der Waals surface area (Å²) in [7, 11) is 0. The van der Waals surface area contributed by atoms with Gasteiger partial charge < -0.3 is 15.5 Å². The Morgan fingerprint density at radius 1 is 1.17 bits per heavy atom. The highest BCUT2D eigenvalue weighted by atomic mass is 32.2. The van der Waals surface area contributed by atoms with Crippen LogP contribution in [0.15, 0.2) is 29.3 Å². The molecule has 2 N–H and O–H groups in total. The maximum Gasteiger partial charge on any atom is 0.405 e. The number of carbonyl (C=O) groups is 3. The standard InChI is InChI=1S/C18H19F3N4O3S/c19-18(20,21)10-22-15(27)11-3-5-12(6-4-11)23-14(26)9-13-16(28)24-17(29-13)25-7-1-2-8-25/h3-6,13H,1-2,7-10H2,(H,22,27)(H,23,26)/t13-/m1/s1. The fourth-order valence-electron chi connectivity index (χ4n) is 2.92. The van der Waals surface area contributed by atoms with E-state index in [1.165, 1.54) is 36.0 Å². The van der Waals surface area contributed by atoms with Crippen molar-refractivity contribution in [3.63, 3.8) is 0 Å². The summed E-state index contributed by atoms with van der Waals surface area (Å²) in [6.45, 7) is 0.306. The van der Waals surface area contributed by atoms with Crippen LogP contribution in [0, 0.1) is 0 Å². The summed E-state index contributed by atoms with van der Waals surface area (Å²) in [5, 5.41) is 4.48. The molecule has 0 radical (unpaired) electrons. The van der Waals surface area contributed by atoms with Crippen LogP contribution in [0.3, 0.4) is 0 Å². The van der Waals surface area contributed by atoms with Gasteiger partial charge in [0.2, 0.25) is 5.91 Å². The Balaban J connectivity index is 1.48. The Bertz CT molecular complexity index is 821. The van der Waals surface area contributed by atoms with Gasteiger partial charge in [0.05, 0.1) is 0 Å². The first-order valence-corrected chi connectivity index (χ1v) is 9.88. The van der Waals surface area contributed by atoms with Crippen molar-refractivity contribution >= 4 is 40.3 Å². The first-order chi connectivity index (χ1) is 13.7. The van der Waals surface area contributed by atoms with Crippen LogP contribution in [-0.2, 0) is 9.59 Å². The molecule has 0 aliphatic carbocycles. The van der Waals surface area contributed by atoms with Gasteiger partial charge in [-0.05, 0) is 37.1 Å². The van der Waals surface area contributed by atoms with E-state index >= 15 is 0 Å². The number of nitrogens with zero attached hydrogens (tertiary/aromatic N) is 2. The van der Waals surface area contributed by atoms with Gasteiger partial charge in [0, 0.05) is 30.8 Å². The molecule has 29 heavy (non-hydrogen) atoms. The predicted octanol–water partition coefficient (Wildman–Crippen LogP) is 2.40. The topological polar surface area (TPSA) is 90.9 Å². The smallest absolute Gasteiger partial charge is 0.351 e. The third kappa shape index (κ3) is 5.96. The number of benzene rings is 1. The summed E-state index contributed by atoms with van der Waals surface area (Å²) >= 11 is 1.29. The van der Waals surface area contributed by atoms with E-state index < -0.39 is 23.9 Å². The number of likely N-dealkylation sites (tertiary alicyclic amines) is 1. The largest absolute Gasteiger partial charge is 0.405 e. The molecule has 0 spiro atoms. The van der Waals surface area contributed by atoms with Gasteiger partial charge in [0.15, 0.2) is 5.17 Å². The van der Waals surface area contributed by atoms with E-state index in [2.05, 4.69) is 10.3 Å². The zero-order valence-electron chi connectivity index (χ0n) is 15.3. The first-order valence-electron chi connectivity index (χ1n) is 9.00. The lowest BCUT2D eigenvalue weighted by molar-refractivity contribution is -0.123. The first kappa shape index (κ1) is 21.2. The van der Waals surface area contributed by atoms with Crippen molar-refractivity contribution < 1.29 is 27.6 Å². The predicted molar refractivity (Wildman–Crippen MR) is 103 cm³/mol. The van der Waals surface area contributed by atoms with Crippen molar-refractivity contribution in [1.82, 2.24) is 10.2 Å². The third-order valence-corrected chi connectivity index (χ3v) is 5.57. The van der Waals surface area contributed by atoms with Gasteiger partial charge in [-0.2, -0.15) is 18.2 Å². The second kappa shape index (κ2) is 8.85. The minimum atomic E-state index is -4.49. The molecule has 1 atom stereocenters. The summed E-state index contributed by atoms with van der Waals surface area (Å²) in [6, 6.07) is 5.45. The van der Waals surface area contributed by atoms with Crippen molar-refractivity contribution in [2.45, 2.75) is 30.7 Å². The number of hydrogen-bond donors (Lipinski definition) is 2. The van der Waals surface area contributed by atoms with Crippen molar-refractivity contribution in [1.29, 1.82) is 0 Å². The number of carbonyl (C=O) groups excluding carboxylic acids is 3. The lowest BCUT2D eigenvalue weighted by Crippen LogP contribution is -2.33. The molecule has 0 bridgehead atoms. The van der Waals surface area contributed by atoms with Crippen LogP contribution in [0.5, 0.6) is 0 Å². The maximum absolute atomic E-state index is 12.2. The molecule has 2 aliphatic rings. The lowest BCUT2D eigenvalue weighted by Gasteiger charge is -2.16. The van der Waals surface area contributed by atoms with Crippen LogP contribution in [0.1, 0.15) is 29.6 Å². The Hall–Kier alpha value is -2.56. The molecule has 3 amide bonds. The van der Waals surface area contributed by atoms with E-state index in [-0.39, 0.29) is 23.8 Å². The zero-order valence-corrected chi connectivity index (χ0v) is 16.1. The quantitative estimate of drug-likeness (QED) is 0.752. The Morgan fingerprint density at radius 2 is 1.83 bits per heavy atom. The molecule has 1 aromatic carbocycles. The van der Waals surface area contributed by atoms with E-state index in [1.807, 2.05) is 4.90 Å². The van der Waals surface area contributed by atoms with Crippen molar-refractivity contribution in [3.05, 3.63) is 29.8 Å². The molecule has 1 saturated heterocycles. The van der Waals surface area contributed by atoms with E-state index in [4.69, 9.17) is 0 Å². The second-order valence-electron chi connectivity index (χ2n) is 6.66. The van der Waals surface area contributed by atoms with Crippen LogP contribution < -0.4 is 10.6 Å². The molecule has 2 aliphatic heterocycles. The summed E-state index contributed by atoms with van der Waals surface area (Å²) in [5.41, 5.74) is 0.413. The number of halogens is 3.